The molecule has 0 N–H and O–H groups in total. The van der Waals surface area contributed by atoms with Crippen LogP contribution in [0.2, 0.25) is 0 Å². The maximum absolute atomic E-state index is 14.0. The third kappa shape index (κ3) is 4.90. The van der Waals surface area contributed by atoms with Gasteiger partial charge in [0, 0.05) is 12.1 Å². The number of hydrogen-bond acceptors (Lipinski definition) is 4. The lowest BCUT2D eigenvalue weighted by Gasteiger charge is -2.45. The molecule has 2 heterocycles. The predicted molar refractivity (Wildman–Crippen MR) is 126 cm³/mol. The lowest BCUT2D eigenvalue weighted by Crippen LogP contribution is -2.33. The Morgan fingerprint density at radius 2 is 1.55 bits per heavy atom. The van der Waals surface area contributed by atoms with Crippen LogP contribution in [0.5, 0.6) is 11.5 Å². The van der Waals surface area contributed by atoms with E-state index in [0.717, 1.165) is 68.2 Å². The van der Waals surface area contributed by atoms with Crippen molar-refractivity contribution in [2.45, 2.75) is 96.3 Å². The minimum atomic E-state index is -2.10. The van der Waals surface area contributed by atoms with Crippen molar-refractivity contribution in [1.82, 2.24) is 0 Å². The van der Waals surface area contributed by atoms with Gasteiger partial charge in [0.1, 0.15) is 11.5 Å². The Kier molecular flexibility index (Phi) is 8.22. The summed E-state index contributed by atoms with van der Waals surface area (Å²) in [6.07, 6.45) is 11.2. The SMILES string of the molecule is CCCCOc1cc(C)c(C(=O)P2(=S)C3CCCC2CCC3)c(OCCCC)c1. The van der Waals surface area contributed by atoms with E-state index < -0.39 is 6.04 Å². The van der Waals surface area contributed by atoms with Crippen molar-refractivity contribution in [1.29, 1.82) is 0 Å². The molecule has 3 nitrogen and oxygen atoms in total. The average molecular weight is 437 g/mol. The number of rotatable bonds is 10. The lowest BCUT2D eigenvalue weighted by molar-refractivity contribution is 0.107. The van der Waals surface area contributed by atoms with E-state index in [2.05, 4.69) is 13.8 Å². The van der Waals surface area contributed by atoms with E-state index in [-0.39, 0.29) is 5.52 Å². The van der Waals surface area contributed by atoms with Gasteiger partial charge < -0.3 is 9.47 Å². The van der Waals surface area contributed by atoms with E-state index in [1.54, 1.807) is 0 Å². The van der Waals surface area contributed by atoms with Gasteiger partial charge in [-0.25, -0.2) is 0 Å². The first kappa shape index (κ1) is 22.8. The van der Waals surface area contributed by atoms with Crippen LogP contribution in [-0.2, 0) is 11.8 Å². The van der Waals surface area contributed by atoms with Crippen LogP contribution in [0, 0.1) is 6.92 Å². The maximum atomic E-state index is 14.0. The number of carbonyl (C=O) groups excluding carboxylic acids is 1. The normalized spacial score (nSPS) is 26.2. The molecule has 1 aromatic carbocycles. The maximum Gasteiger partial charge on any atom is 0.198 e. The van der Waals surface area contributed by atoms with Crippen LogP contribution < -0.4 is 9.47 Å². The van der Waals surface area contributed by atoms with Gasteiger partial charge in [-0.15, -0.1) is 0 Å². The van der Waals surface area contributed by atoms with Crippen molar-refractivity contribution in [2.75, 3.05) is 13.2 Å². The average Bonchev–Trinajstić information content (AvgIpc) is 2.67. The summed E-state index contributed by atoms with van der Waals surface area (Å²) in [5, 5.41) is 0. The number of aryl methyl sites for hydroxylation is 1. The van der Waals surface area contributed by atoms with Crippen molar-refractivity contribution in [2.24, 2.45) is 0 Å². The first-order valence-corrected chi connectivity index (χ1v) is 14.5. The third-order valence-corrected chi connectivity index (χ3v) is 12.9. The Morgan fingerprint density at radius 3 is 2.10 bits per heavy atom. The molecule has 0 spiro atoms. The van der Waals surface area contributed by atoms with Crippen LogP contribution in [0.15, 0.2) is 12.1 Å². The molecular weight excluding hydrogens is 399 g/mol. The highest BCUT2D eigenvalue weighted by atomic mass is 32.4. The molecule has 162 valence electrons. The monoisotopic (exact) mass is 436 g/mol. The fourth-order valence-corrected chi connectivity index (χ4v) is 10.6. The molecule has 2 bridgehead atoms. The topological polar surface area (TPSA) is 35.5 Å². The first-order valence-electron chi connectivity index (χ1n) is 11.6. The van der Waals surface area contributed by atoms with Crippen molar-refractivity contribution >= 4 is 23.4 Å². The molecule has 1 aromatic rings. The Hall–Kier alpha value is -0.860. The smallest absolute Gasteiger partial charge is 0.198 e. The summed E-state index contributed by atoms with van der Waals surface area (Å²) >= 11 is 6.30. The molecule has 5 heteroatoms. The van der Waals surface area contributed by atoms with Gasteiger partial charge in [-0.05, 0) is 68.4 Å². The van der Waals surface area contributed by atoms with Crippen LogP contribution in [0.25, 0.3) is 0 Å². The van der Waals surface area contributed by atoms with Gasteiger partial charge in [0.15, 0.2) is 5.52 Å². The number of hydrogen-bond donors (Lipinski definition) is 0. The minimum Gasteiger partial charge on any atom is -0.493 e. The second-order valence-corrected chi connectivity index (χ2v) is 13.8. The summed E-state index contributed by atoms with van der Waals surface area (Å²) in [7, 11) is 0. The molecule has 29 heavy (non-hydrogen) atoms. The van der Waals surface area contributed by atoms with Gasteiger partial charge in [0.05, 0.1) is 18.8 Å². The standard InChI is InChI=1S/C24H37O3PS/c1-4-6-14-26-19-16-18(3)23(22(17-19)27-15-7-5-2)24(25)28(29)20-10-8-11-21(28)13-9-12-20/h16-17,20-21H,4-15H2,1-3H3. The first-order chi connectivity index (χ1) is 14.0. The third-order valence-electron chi connectivity index (χ3n) is 6.56. The second kappa shape index (κ2) is 10.4. The van der Waals surface area contributed by atoms with Gasteiger partial charge in [-0.3, -0.25) is 4.79 Å². The number of unbranched alkanes of at least 4 members (excludes halogenated alkanes) is 2. The van der Waals surface area contributed by atoms with E-state index in [1.165, 1.54) is 12.8 Å². The second-order valence-electron chi connectivity index (χ2n) is 8.70. The Bertz CT molecular complexity index is 735. The van der Waals surface area contributed by atoms with E-state index in [0.29, 0.717) is 30.3 Å². The Balaban J connectivity index is 1.95. The Morgan fingerprint density at radius 1 is 1.00 bits per heavy atom. The van der Waals surface area contributed by atoms with E-state index in [1.807, 2.05) is 19.1 Å². The van der Waals surface area contributed by atoms with Crippen molar-refractivity contribution in [3.63, 3.8) is 0 Å². The molecule has 0 aromatic heterocycles. The van der Waals surface area contributed by atoms with Crippen LogP contribution in [0.4, 0.5) is 0 Å². The molecule has 2 aliphatic rings. The van der Waals surface area contributed by atoms with Gasteiger partial charge in [0.25, 0.3) is 0 Å². The molecule has 2 fully saturated rings. The quantitative estimate of drug-likeness (QED) is 0.290. The van der Waals surface area contributed by atoms with Gasteiger partial charge >= 0.3 is 0 Å². The van der Waals surface area contributed by atoms with Crippen LogP contribution in [0.3, 0.4) is 0 Å². The molecule has 0 aliphatic carbocycles. The number of ether oxygens (including phenoxy) is 2. The van der Waals surface area contributed by atoms with Crippen molar-refractivity contribution < 1.29 is 14.3 Å². The van der Waals surface area contributed by atoms with Crippen molar-refractivity contribution in [3.8, 4) is 11.5 Å². The highest BCUT2D eigenvalue weighted by Gasteiger charge is 2.47. The number of fused-ring (bicyclic) bond motifs is 2. The summed E-state index contributed by atoms with van der Waals surface area (Å²) in [6.45, 7) is 7.65. The molecular formula is C24H37O3PS. The Labute approximate surface area is 181 Å². The summed E-state index contributed by atoms with van der Waals surface area (Å²) in [5.41, 5.74) is 2.85. The molecule has 3 rings (SSSR count). The zero-order valence-corrected chi connectivity index (χ0v) is 20.1. The summed E-state index contributed by atoms with van der Waals surface area (Å²) in [5.74, 6) is 1.50. The van der Waals surface area contributed by atoms with E-state index in [4.69, 9.17) is 21.3 Å². The van der Waals surface area contributed by atoms with Crippen molar-refractivity contribution in [3.05, 3.63) is 23.3 Å². The fraction of sp³-hybridized carbons (Fsp3) is 0.708. The molecule has 2 aliphatic heterocycles. The lowest BCUT2D eigenvalue weighted by atomic mass is 9.99. The highest BCUT2D eigenvalue weighted by molar-refractivity contribution is 8.23. The summed E-state index contributed by atoms with van der Waals surface area (Å²) in [4.78, 5) is 14.0. The van der Waals surface area contributed by atoms with E-state index in [9.17, 15) is 4.79 Å². The molecule has 0 unspecified atom stereocenters. The fourth-order valence-electron chi connectivity index (χ4n) is 4.89. The highest BCUT2D eigenvalue weighted by Crippen LogP contribution is 2.68. The summed E-state index contributed by atoms with van der Waals surface area (Å²) < 4.78 is 12.1. The van der Waals surface area contributed by atoms with Crippen LogP contribution >= 0.6 is 6.04 Å². The number of carbonyl (C=O) groups is 1. The largest absolute Gasteiger partial charge is 0.493 e. The minimum absolute atomic E-state index is 0.242. The predicted octanol–water partition coefficient (Wildman–Crippen LogP) is 7.08. The molecule has 0 amide bonds. The van der Waals surface area contributed by atoms with Gasteiger partial charge in [-0.2, -0.15) is 0 Å². The van der Waals surface area contributed by atoms with Crippen LogP contribution in [0.1, 0.15) is 94.0 Å². The molecule has 2 saturated heterocycles. The van der Waals surface area contributed by atoms with Gasteiger partial charge in [0.2, 0.25) is 0 Å². The zero-order chi connectivity index (χ0) is 20.9. The summed E-state index contributed by atoms with van der Waals surface area (Å²) in [6, 6.07) is 1.85. The van der Waals surface area contributed by atoms with E-state index >= 15 is 0 Å². The zero-order valence-electron chi connectivity index (χ0n) is 18.4. The molecule has 0 atom stereocenters. The van der Waals surface area contributed by atoms with Crippen LogP contribution in [-0.4, -0.2) is 30.1 Å². The van der Waals surface area contributed by atoms with Gasteiger partial charge in [-0.1, -0.05) is 51.3 Å². The number of benzene rings is 1. The molecule has 0 radical (unpaired) electrons. The molecule has 0 saturated carbocycles.